The number of unbranched alkanes of at least 4 members (excludes halogenated alkanes) is 1. The lowest BCUT2D eigenvalue weighted by Crippen LogP contribution is -2.36. The summed E-state index contributed by atoms with van der Waals surface area (Å²) in [6.45, 7) is 8.23. The SMILES string of the molecule is CC(C)(C)NCCCCOc1ccc(Br)cc1Cl. The van der Waals surface area contributed by atoms with E-state index in [1.165, 1.54) is 0 Å². The van der Waals surface area contributed by atoms with Crippen molar-refractivity contribution in [3.63, 3.8) is 0 Å². The normalized spacial score (nSPS) is 11.6. The first-order valence-electron chi connectivity index (χ1n) is 6.21. The molecule has 1 aromatic rings. The average molecular weight is 335 g/mol. The van der Waals surface area contributed by atoms with Gasteiger partial charge in [-0.15, -0.1) is 0 Å². The Kier molecular flexibility index (Phi) is 6.47. The molecule has 1 rings (SSSR count). The molecule has 0 heterocycles. The maximum Gasteiger partial charge on any atom is 0.137 e. The monoisotopic (exact) mass is 333 g/mol. The van der Waals surface area contributed by atoms with E-state index in [2.05, 4.69) is 42.0 Å². The highest BCUT2D eigenvalue weighted by Gasteiger charge is 2.07. The van der Waals surface area contributed by atoms with Crippen LogP contribution in [-0.4, -0.2) is 18.7 Å². The van der Waals surface area contributed by atoms with Crippen molar-refractivity contribution < 1.29 is 4.74 Å². The van der Waals surface area contributed by atoms with Crippen LogP contribution in [0.1, 0.15) is 33.6 Å². The molecular formula is C14H21BrClNO. The van der Waals surface area contributed by atoms with E-state index >= 15 is 0 Å². The van der Waals surface area contributed by atoms with Crippen LogP contribution in [0.5, 0.6) is 5.75 Å². The summed E-state index contributed by atoms with van der Waals surface area (Å²) in [6, 6.07) is 5.67. The van der Waals surface area contributed by atoms with Gasteiger partial charge in [0, 0.05) is 10.0 Å². The lowest BCUT2D eigenvalue weighted by Gasteiger charge is -2.20. The zero-order valence-corrected chi connectivity index (χ0v) is 13.6. The Hall–Kier alpha value is -0.250. The van der Waals surface area contributed by atoms with Gasteiger partial charge in [0.05, 0.1) is 11.6 Å². The second-order valence-corrected chi connectivity index (χ2v) is 6.63. The number of benzene rings is 1. The summed E-state index contributed by atoms with van der Waals surface area (Å²) in [6.07, 6.45) is 2.13. The molecule has 102 valence electrons. The Morgan fingerprint density at radius 2 is 2.00 bits per heavy atom. The summed E-state index contributed by atoms with van der Waals surface area (Å²) in [7, 11) is 0. The Morgan fingerprint density at radius 3 is 2.61 bits per heavy atom. The third kappa shape index (κ3) is 6.62. The second kappa shape index (κ2) is 7.37. The van der Waals surface area contributed by atoms with Crippen molar-refractivity contribution in [1.82, 2.24) is 5.32 Å². The summed E-state index contributed by atoms with van der Waals surface area (Å²) in [5.41, 5.74) is 0.190. The molecule has 4 heteroatoms. The van der Waals surface area contributed by atoms with Crippen LogP contribution in [0.3, 0.4) is 0 Å². The molecule has 0 amide bonds. The summed E-state index contributed by atoms with van der Waals surface area (Å²) in [5, 5.41) is 4.10. The molecule has 1 N–H and O–H groups in total. The molecule has 0 atom stereocenters. The van der Waals surface area contributed by atoms with Gasteiger partial charge in [0.2, 0.25) is 0 Å². The molecule has 0 aliphatic heterocycles. The second-order valence-electron chi connectivity index (χ2n) is 5.31. The molecule has 0 aliphatic rings. The van der Waals surface area contributed by atoms with Crippen LogP contribution >= 0.6 is 27.5 Å². The molecule has 2 nitrogen and oxygen atoms in total. The van der Waals surface area contributed by atoms with Gasteiger partial charge in [0.25, 0.3) is 0 Å². The minimum Gasteiger partial charge on any atom is -0.492 e. The molecule has 0 unspecified atom stereocenters. The molecule has 0 fully saturated rings. The number of nitrogens with one attached hydrogen (secondary N) is 1. The van der Waals surface area contributed by atoms with Gasteiger partial charge >= 0.3 is 0 Å². The number of rotatable bonds is 6. The highest BCUT2D eigenvalue weighted by atomic mass is 79.9. The summed E-state index contributed by atoms with van der Waals surface area (Å²) < 4.78 is 6.61. The lowest BCUT2D eigenvalue weighted by molar-refractivity contribution is 0.301. The average Bonchev–Trinajstić information content (AvgIpc) is 2.24. The van der Waals surface area contributed by atoms with Crippen LogP contribution in [0.15, 0.2) is 22.7 Å². The Morgan fingerprint density at radius 1 is 1.28 bits per heavy atom. The van der Waals surface area contributed by atoms with Gasteiger partial charge in [-0.05, 0) is 58.4 Å². The smallest absolute Gasteiger partial charge is 0.137 e. The van der Waals surface area contributed by atoms with E-state index in [1.54, 1.807) is 0 Å². The maximum atomic E-state index is 6.06. The van der Waals surface area contributed by atoms with Crippen molar-refractivity contribution in [3.05, 3.63) is 27.7 Å². The van der Waals surface area contributed by atoms with Crippen molar-refractivity contribution >= 4 is 27.5 Å². The molecule has 1 aromatic carbocycles. The van der Waals surface area contributed by atoms with Crippen molar-refractivity contribution in [2.75, 3.05) is 13.2 Å². The van der Waals surface area contributed by atoms with E-state index in [0.29, 0.717) is 11.6 Å². The Balaban J connectivity index is 2.18. The van der Waals surface area contributed by atoms with Crippen molar-refractivity contribution in [1.29, 1.82) is 0 Å². The molecular weight excluding hydrogens is 314 g/mol. The number of hydrogen-bond acceptors (Lipinski definition) is 2. The predicted molar refractivity (Wildman–Crippen MR) is 81.6 cm³/mol. The summed E-state index contributed by atoms with van der Waals surface area (Å²) in [4.78, 5) is 0. The van der Waals surface area contributed by atoms with E-state index in [4.69, 9.17) is 16.3 Å². The third-order valence-electron chi connectivity index (χ3n) is 2.38. The first-order chi connectivity index (χ1) is 8.38. The van der Waals surface area contributed by atoms with Crippen LogP contribution in [0, 0.1) is 0 Å². The topological polar surface area (TPSA) is 21.3 Å². The van der Waals surface area contributed by atoms with E-state index in [9.17, 15) is 0 Å². The van der Waals surface area contributed by atoms with E-state index in [0.717, 1.165) is 29.6 Å². The molecule has 18 heavy (non-hydrogen) atoms. The van der Waals surface area contributed by atoms with Gasteiger partial charge in [0.1, 0.15) is 5.75 Å². The maximum absolute atomic E-state index is 6.06. The predicted octanol–water partition coefficient (Wildman–Crippen LogP) is 4.65. The third-order valence-corrected chi connectivity index (χ3v) is 3.17. The Labute approximate surface area is 123 Å². The first kappa shape index (κ1) is 15.8. The van der Waals surface area contributed by atoms with Crippen LogP contribution in [0.4, 0.5) is 0 Å². The van der Waals surface area contributed by atoms with Gasteiger partial charge < -0.3 is 10.1 Å². The fourth-order valence-corrected chi connectivity index (χ4v) is 2.19. The summed E-state index contributed by atoms with van der Waals surface area (Å²) in [5.74, 6) is 0.753. The zero-order valence-electron chi connectivity index (χ0n) is 11.2. The van der Waals surface area contributed by atoms with Gasteiger partial charge in [0.15, 0.2) is 0 Å². The first-order valence-corrected chi connectivity index (χ1v) is 7.38. The molecule has 0 saturated heterocycles. The number of hydrogen-bond donors (Lipinski definition) is 1. The van der Waals surface area contributed by atoms with Crippen LogP contribution < -0.4 is 10.1 Å². The Bertz CT molecular complexity index is 377. The van der Waals surface area contributed by atoms with Crippen molar-refractivity contribution in [2.24, 2.45) is 0 Å². The molecule has 0 aliphatic carbocycles. The minimum atomic E-state index is 0.190. The molecule has 0 spiro atoms. The highest BCUT2D eigenvalue weighted by Crippen LogP contribution is 2.27. The number of ether oxygens (including phenoxy) is 1. The zero-order chi connectivity index (χ0) is 13.6. The van der Waals surface area contributed by atoms with Crippen LogP contribution in [-0.2, 0) is 0 Å². The van der Waals surface area contributed by atoms with Gasteiger partial charge in [-0.25, -0.2) is 0 Å². The molecule has 0 aromatic heterocycles. The van der Waals surface area contributed by atoms with E-state index in [1.807, 2.05) is 18.2 Å². The van der Waals surface area contributed by atoms with Gasteiger partial charge in [-0.3, -0.25) is 0 Å². The van der Waals surface area contributed by atoms with Crippen LogP contribution in [0.25, 0.3) is 0 Å². The van der Waals surface area contributed by atoms with Gasteiger partial charge in [-0.1, -0.05) is 27.5 Å². The fraction of sp³-hybridized carbons (Fsp3) is 0.571. The van der Waals surface area contributed by atoms with Crippen molar-refractivity contribution in [3.8, 4) is 5.75 Å². The highest BCUT2D eigenvalue weighted by molar-refractivity contribution is 9.10. The molecule has 0 saturated carbocycles. The van der Waals surface area contributed by atoms with Crippen molar-refractivity contribution in [2.45, 2.75) is 39.2 Å². The van der Waals surface area contributed by atoms with Crippen LogP contribution in [0.2, 0.25) is 5.02 Å². The van der Waals surface area contributed by atoms with E-state index < -0.39 is 0 Å². The molecule has 0 radical (unpaired) electrons. The van der Waals surface area contributed by atoms with E-state index in [-0.39, 0.29) is 5.54 Å². The molecule has 0 bridgehead atoms. The lowest BCUT2D eigenvalue weighted by atomic mass is 10.1. The summed E-state index contributed by atoms with van der Waals surface area (Å²) >= 11 is 9.43. The quantitative estimate of drug-likeness (QED) is 0.765. The standard InChI is InChI=1S/C14H21BrClNO/c1-14(2,3)17-8-4-5-9-18-13-7-6-11(15)10-12(13)16/h6-7,10,17H,4-5,8-9H2,1-3H3. The van der Waals surface area contributed by atoms with Gasteiger partial charge in [-0.2, -0.15) is 0 Å². The fourth-order valence-electron chi connectivity index (χ4n) is 1.46. The largest absolute Gasteiger partial charge is 0.492 e. The minimum absolute atomic E-state index is 0.190. The number of halogens is 2.